The summed E-state index contributed by atoms with van der Waals surface area (Å²) in [7, 11) is 1.67. The van der Waals surface area contributed by atoms with Crippen LogP contribution in [0.4, 0.5) is 16.6 Å². The monoisotopic (exact) mass is 321 g/mol. The van der Waals surface area contributed by atoms with Crippen LogP contribution in [0, 0.1) is 0 Å². The highest BCUT2D eigenvalue weighted by atomic mass is 32.1. The summed E-state index contributed by atoms with van der Waals surface area (Å²) in [5.41, 5.74) is 0.909. The van der Waals surface area contributed by atoms with Gasteiger partial charge < -0.3 is 19.7 Å². The smallest absolute Gasteiger partial charge is 0.207 e. The van der Waals surface area contributed by atoms with Crippen LogP contribution >= 0.6 is 11.5 Å². The highest BCUT2D eigenvalue weighted by molar-refractivity contribution is 7.09. The normalized spacial score (nSPS) is 15.0. The number of hydrogen-bond donors (Lipinski definition) is 1. The first-order valence-corrected chi connectivity index (χ1v) is 8.00. The van der Waals surface area contributed by atoms with Crippen molar-refractivity contribution >= 4 is 28.2 Å². The summed E-state index contributed by atoms with van der Waals surface area (Å²) in [5.74, 6) is 1.78. The molecular formula is C14H19N5O2S. The van der Waals surface area contributed by atoms with E-state index >= 15 is 0 Å². The maximum Gasteiger partial charge on any atom is 0.207 e. The fourth-order valence-corrected chi connectivity index (χ4v) is 2.80. The predicted octanol–water partition coefficient (Wildman–Crippen LogP) is 1.70. The molecule has 0 spiro atoms. The maximum absolute atomic E-state index is 5.35. The van der Waals surface area contributed by atoms with Gasteiger partial charge in [0.2, 0.25) is 5.13 Å². The Kier molecular flexibility index (Phi) is 5.15. The van der Waals surface area contributed by atoms with Gasteiger partial charge in [0, 0.05) is 38.2 Å². The molecule has 8 heteroatoms. The molecule has 0 aliphatic carbocycles. The molecule has 22 heavy (non-hydrogen) atoms. The van der Waals surface area contributed by atoms with E-state index < -0.39 is 0 Å². The van der Waals surface area contributed by atoms with Crippen molar-refractivity contribution in [2.45, 2.75) is 6.42 Å². The minimum Gasteiger partial charge on any atom is -0.384 e. The second-order valence-electron chi connectivity index (χ2n) is 4.89. The highest BCUT2D eigenvalue weighted by Gasteiger charge is 2.12. The zero-order chi connectivity index (χ0) is 15.2. The van der Waals surface area contributed by atoms with Crippen molar-refractivity contribution in [2.24, 2.45) is 0 Å². The van der Waals surface area contributed by atoms with Crippen LogP contribution in [0.5, 0.6) is 0 Å². The molecule has 2 aromatic rings. The Morgan fingerprint density at radius 3 is 2.95 bits per heavy atom. The lowest BCUT2D eigenvalue weighted by atomic mass is 10.3. The number of morpholine rings is 1. The van der Waals surface area contributed by atoms with Gasteiger partial charge in [0.15, 0.2) is 0 Å². The Hall–Kier alpha value is -1.77. The lowest BCUT2D eigenvalue weighted by Crippen LogP contribution is -2.36. The van der Waals surface area contributed by atoms with Crippen molar-refractivity contribution in [2.75, 3.05) is 50.2 Å². The third-order valence-electron chi connectivity index (χ3n) is 3.33. The van der Waals surface area contributed by atoms with E-state index in [2.05, 4.69) is 24.6 Å². The lowest BCUT2D eigenvalue weighted by Gasteiger charge is -2.27. The number of aromatic nitrogens is 3. The van der Waals surface area contributed by atoms with Gasteiger partial charge in [-0.1, -0.05) is 0 Å². The molecule has 3 heterocycles. The second kappa shape index (κ2) is 7.48. The summed E-state index contributed by atoms with van der Waals surface area (Å²) in [6.07, 6.45) is 2.55. The van der Waals surface area contributed by atoms with Crippen molar-refractivity contribution in [3.63, 3.8) is 0 Å². The third kappa shape index (κ3) is 3.90. The largest absolute Gasteiger partial charge is 0.384 e. The van der Waals surface area contributed by atoms with Gasteiger partial charge in [-0.25, -0.2) is 9.97 Å². The zero-order valence-electron chi connectivity index (χ0n) is 12.5. The molecule has 0 radical (unpaired) electrons. The first-order chi connectivity index (χ1) is 10.8. The van der Waals surface area contributed by atoms with Crippen LogP contribution in [-0.2, 0) is 15.9 Å². The molecule has 0 amide bonds. The van der Waals surface area contributed by atoms with Crippen molar-refractivity contribution in [1.82, 2.24) is 14.3 Å². The summed E-state index contributed by atoms with van der Waals surface area (Å²) in [6.45, 7) is 3.93. The van der Waals surface area contributed by atoms with E-state index in [9.17, 15) is 0 Å². The molecule has 1 saturated heterocycles. The van der Waals surface area contributed by atoms with Gasteiger partial charge in [-0.3, -0.25) is 0 Å². The average Bonchev–Trinajstić information content (AvgIpc) is 3.02. The molecule has 1 aliphatic heterocycles. The maximum atomic E-state index is 5.35. The standard InChI is InChI=1S/C14H19N5O2S/c1-20-7-4-12-17-14(22-18-12)16-11-2-3-13(15-10-11)19-5-8-21-9-6-19/h2-3,10H,4-9H2,1H3,(H,16,17,18). The molecule has 0 unspecified atom stereocenters. The minimum absolute atomic E-state index is 0.631. The summed E-state index contributed by atoms with van der Waals surface area (Å²) < 4.78 is 14.7. The zero-order valence-corrected chi connectivity index (χ0v) is 13.3. The van der Waals surface area contributed by atoms with Crippen LogP contribution in [0.15, 0.2) is 18.3 Å². The molecule has 3 rings (SSSR count). The number of anilines is 3. The number of rotatable bonds is 6. The third-order valence-corrected chi connectivity index (χ3v) is 4.00. The summed E-state index contributed by atoms with van der Waals surface area (Å²) in [5, 5.41) is 4.00. The van der Waals surface area contributed by atoms with Crippen molar-refractivity contribution < 1.29 is 9.47 Å². The van der Waals surface area contributed by atoms with Crippen LogP contribution in [0.3, 0.4) is 0 Å². The number of pyridine rings is 1. The van der Waals surface area contributed by atoms with E-state index in [0.29, 0.717) is 6.61 Å². The Labute approximate surface area is 133 Å². The molecular weight excluding hydrogens is 302 g/mol. The Morgan fingerprint density at radius 1 is 1.36 bits per heavy atom. The molecule has 1 aliphatic rings. The molecule has 2 aromatic heterocycles. The molecule has 1 fully saturated rings. The van der Waals surface area contributed by atoms with Gasteiger partial charge in [-0.05, 0) is 12.1 Å². The average molecular weight is 321 g/mol. The molecule has 1 N–H and O–H groups in total. The van der Waals surface area contributed by atoms with Crippen LogP contribution in [0.2, 0.25) is 0 Å². The Bertz CT molecular complexity index is 583. The van der Waals surface area contributed by atoms with Gasteiger partial charge in [0.1, 0.15) is 11.6 Å². The topological polar surface area (TPSA) is 72.4 Å². The van der Waals surface area contributed by atoms with Gasteiger partial charge >= 0.3 is 0 Å². The first kappa shape index (κ1) is 15.1. The fraction of sp³-hybridized carbons (Fsp3) is 0.500. The van der Waals surface area contributed by atoms with E-state index in [-0.39, 0.29) is 0 Å². The van der Waals surface area contributed by atoms with Crippen LogP contribution in [0.25, 0.3) is 0 Å². The van der Waals surface area contributed by atoms with E-state index in [1.54, 1.807) is 7.11 Å². The number of nitrogens with zero attached hydrogens (tertiary/aromatic N) is 4. The molecule has 0 saturated carbocycles. The Balaban J connectivity index is 1.59. The molecule has 7 nitrogen and oxygen atoms in total. The van der Waals surface area contributed by atoms with Crippen molar-refractivity contribution in [3.05, 3.63) is 24.2 Å². The highest BCUT2D eigenvalue weighted by Crippen LogP contribution is 2.20. The van der Waals surface area contributed by atoms with Crippen LogP contribution in [-0.4, -0.2) is 54.4 Å². The van der Waals surface area contributed by atoms with Gasteiger partial charge in [0.05, 0.1) is 31.7 Å². The van der Waals surface area contributed by atoms with E-state index in [4.69, 9.17) is 9.47 Å². The molecule has 118 valence electrons. The lowest BCUT2D eigenvalue weighted by molar-refractivity contribution is 0.122. The van der Waals surface area contributed by atoms with E-state index in [1.807, 2.05) is 18.3 Å². The number of ether oxygens (including phenoxy) is 2. The second-order valence-corrected chi connectivity index (χ2v) is 5.64. The van der Waals surface area contributed by atoms with Crippen LogP contribution in [0.1, 0.15) is 5.82 Å². The number of nitrogens with one attached hydrogen (secondary N) is 1. The predicted molar refractivity (Wildman–Crippen MR) is 86.0 cm³/mol. The molecule has 0 aromatic carbocycles. The van der Waals surface area contributed by atoms with E-state index in [1.165, 1.54) is 11.5 Å². The minimum atomic E-state index is 0.631. The van der Waals surface area contributed by atoms with Gasteiger partial charge in [-0.15, -0.1) is 0 Å². The SMILES string of the molecule is COCCc1nsc(Nc2ccc(N3CCOCC3)nc2)n1. The number of hydrogen-bond acceptors (Lipinski definition) is 8. The van der Waals surface area contributed by atoms with E-state index in [0.717, 1.165) is 55.2 Å². The Morgan fingerprint density at radius 2 is 2.23 bits per heavy atom. The summed E-state index contributed by atoms with van der Waals surface area (Å²) in [4.78, 5) is 11.1. The van der Waals surface area contributed by atoms with Crippen LogP contribution < -0.4 is 10.2 Å². The molecule has 0 atom stereocenters. The fourth-order valence-electron chi connectivity index (χ4n) is 2.16. The van der Waals surface area contributed by atoms with Gasteiger partial charge in [-0.2, -0.15) is 4.37 Å². The molecule has 0 bridgehead atoms. The quantitative estimate of drug-likeness (QED) is 0.868. The van der Waals surface area contributed by atoms with Crippen molar-refractivity contribution in [3.8, 4) is 0 Å². The van der Waals surface area contributed by atoms with Gasteiger partial charge in [0.25, 0.3) is 0 Å². The number of methoxy groups -OCH3 is 1. The van der Waals surface area contributed by atoms with Crippen molar-refractivity contribution in [1.29, 1.82) is 0 Å². The summed E-state index contributed by atoms with van der Waals surface area (Å²) >= 11 is 1.34. The summed E-state index contributed by atoms with van der Waals surface area (Å²) in [6, 6.07) is 4.02. The first-order valence-electron chi connectivity index (χ1n) is 7.22.